The number of piperazine rings is 1. The molecule has 0 spiro atoms. The Morgan fingerprint density at radius 1 is 1.32 bits per heavy atom. The standard InChI is InChI=1S/C30H32FIN6O5S/c1-5-17-11-21(32)20(31)12-19(17)24-23(27(39)43-6-2)22(34-25(35-24)26-33-7-10-44-26)15-36-8-9-38-18(13-36)14-37(29(38)42)16-30(3,4)28(40)41/h1,7,10-12,18,24H,6,8-9,13-16H2,2-4H3,(H,34,35)(H,40,41)/t18-,24-/m0/s1. The second-order valence-corrected chi connectivity index (χ2v) is 13.4. The Labute approximate surface area is 272 Å². The molecule has 1 aromatic carbocycles. The molecule has 2 atom stereocenters. The number of carboxylic acid groups (broad SMARTS) is 1. The number of amides is 2. The van der Waals surface area contributed by atoms with Gasteiger partial charge in [-0.3, -0.25) is 14.7 Å². The average Bonchev–Trinajstić information content (AvgIpc) is 3.62. The third kappa shape index (κ3) is 6.31. The van der Waals surface area contributed by atoms with Crippen LogP contribution in [0.5, 0.6) is 0 Å². The summed E-state index contributed by atoms with van der Waals surface area (Å²) >= 11 is 3.24. The molecule has 2 amide bonds. The maximum Gasteiger partial charge on any atom is 0.338 e. The van der Waals surface area contributed by atoms with Crippen molar-refractivity contribution in [1.29, 1.82) is 0 Å². The van der Waals surface area contributed by atoms with Gasteiger partial charge < -0.3 is 25.0 Å². The summed E-state index contributed by atoms with van der Waals surface area (Å²) in [5.41, 5.74) is 0.441. The van der Waals surface area contributed by atoms with Crippen LogP contribution in [-0.2, 0) is 14.3 Å². The minimum Gasteiger partial charge on any atom is -0.481 e. The van der Waals surface area contributed by atoms with Crippen LogP contribution in [0.3, 0.4) is 0 Å². The first-order valence-corrected chi connectivity index (χ1v) is 16.0. The van der Waals surface area contributed by atoms with Crippen molar-refractivity contribution in [2.45, 2.75) is 32.9 Å². The largest absolute Gasteiger partial charge is 0.481 e. The first-order valence-electron chi connectivity index (χ1n) is 14.0. The zero-order valence-electron chi connectivity index (χ0n) is 24.5. The Balaban J connectivity index is 1.49. The Kier molecular flexibility index (Phi) is 9.28. The molecule has 0 unspecified atom stereocenters. The Morgan fingerprint density at radius 2 is 2.09 bits per heavy atom. The second-order valence-electron chi connectivity index (χ2n) is 11.4. The molecule has 3 aliphatic heterocycles. The number of benzene rings is 1. The number of fused-ring (bicyclic) bond motifs is 1. The van der Waals surface area contributed by atoms with E-state index in [-0.39, 0.29) is 37.3 Å². The number of carbonyl (C=O) groups excluding carboxylic acids is 2. The number of carbonyl (C=O) groups is 3. The smallest absolute Gasteiger partial charge is 0.338 e. The first kappa shape index (κ1) is 31.9. The monoisotopic (exact) mass is 734 g/mol. The molecule has 0 saturated carbocycles. The van der Waals surface area contributed by atoms with E-state index in [0.717, 1.165) is 0 Å². The minimum absolute atomic E-state index is 0.104. The lowest BCUT2D eigenvalue weighted by atomic mass is 9.91. The van der Waals surface area contributed by atoms with Crippen molar-refractivity contribution < 1.29 is 28.6 Å². The van der Waals surface area contributed by atoms with Gasteiger partial charge in [-0.25, -0.2) is 19.0 Å². The Bertz CT molecular complexity index is 1590. The van der Waals surface area contributed by atoms with E-state index in [1.807, 2.05) is 28.0 Å². The predicted octanol–water partition coefficient (Wildman–Crippen LogP) is 3.31. The van der Waals surface area contributed by atoms with Crippen molar-refractivity contribution in [1.82, 2.24) is 25.0 Å². The summed E-state index contributed by atoms with van der Waals surface area (Å²) in [5.74, 6) is 0.997. The van der Waals surface area contributed by atoms with E-state index >= 15 is 0 Å². The average molecular weight is 735 g/mol. The maximum absolute atomic E-state index is 14.9. The van der Waals surface area contributed by atoms with Crippen LogP contribution in [-0.4, -0.2) is 101 Å². The van der Waals surface area contributed by atoms with Crippen LogP contribution in [0.25, 0.3) is 0 Å². The van der Waals surface area contributed by atoms with Gasteiger partial charge >= 0.3 is 18.0 Å². The van der Waals surface area contributed by atoms with Gasteiger partial charge in [0, 0.05) is 67.7 Å². The quantitative estimate of drug-likeness (QED) is 0.229. The number of nitrogens with zero attached hydrogens (tertiary/aromatic N) is 5. The van der Waals surface area contributed by atoms with Crippen LogP contribution in [0, 0.1) is 27.1 Å². The summed E-state index contributed by atoms with van der Waals surface area (Å²) in [6.45, 7) is 7.28. The van der Waals surface area contributed by atoms with Crippen molar-refractivity contribution in [2.75, 3.05) is 45.9 Å². The van der Waals surface area contributed by atoms with Gasteiger partial charge in [-0.05, 0) is 55.5 Å². The molecule has 14 heteroatoms. The molecule has 2 N–H and O–H groups in total. The van der Waals surface area contributed by atoms with E-state index < -0.39 is 29.2 Å². The summed E-state index contributed by atoms with van der Waals surface area (Å²) in [5, 5.41) is 15.3. The summed E-state index contributed by atoms with van der Waals surface area (Å²) in [4.78, 5) is 53.1. The molecule has 5 rings (SSSR count). The number of aliphatic carboxylic acids is 1. The third-order valence-corrected chi connectivity index (χ3v) is 9.47. The fraction of sp³-hybridized carbons (Fsp3) is 0.433. The summed E-state index contributed by atoms with van der Waals surface area (Å²) in [7, 11) is 0. The molecule has 0 bridgehead atoms. The van der Waals surface area contributed by atoms with Crippen molar-refractivity contribution >= 4 is 57.7 Å². The number of esters is 1. The number of amidine groups is 1. The van der Waals surface area contributed by atoms with Crippen LogP contribution < -0.4 is 5.32 Å². The molecule has 11 nitrogen and oxygen atoms in total. The number of aliphatic imine (C=N–C) groups is 1. The van der Waals surface area contributed by atoms with E-state index in [2.05, 4.69) is 21.1 Å². The lowest BCUT2D eigenvalue weighted by molar-refractivity contribution is -0.147. The summed E-state index contributed by atoms with van der Waals surface area (Å²) in [6, 6.07) is 1.60. The van der Waals surface area contributed by atoms with Crippen LogP contribution in [0.15, 0.2) is 40.0 Å². The number of aromatic nitrogens is 1. The molecule has 0 radical (unpaired) electrons. The van der Waals surface area contributed by atoms with E-state index in [0.29, 0.717) is 57.4 Å². The number of ether oxygens (including phenoxy) is 1. The highest BCUT2D eigenvalue weighted by Crippen LogP contribution is 2.36. The SMILES string of the molecule is C#Cc1cc(I)c(F)cc1[C@@H]1N=C(c2nccs2)NC(CN2CCN3C(=O)N(CC(C)(C)C(=O)O)C[C@@H]3C2)=C1C(=O)OCC. The predicted molar refractivity (Wildman–Crippen MR) is 171 cm³/mol. The molecule has 44 heavy (non-hydrogen) atoms. The third-order valence-electron chi connectivity index (χ3n) is 7.86. The van der Waals surface area contributed by atoms with Crippen LogP contribution in [0.2, 0.25) is 0 Å². The van der Waals surface area contributed by atoms with Gasteiger partial charge in [0.25, 0.3) is 0 Å². The molecule has 232 valence electrons. The zero-order valence-corrected chi connectivity index (χ0v) is 27.4. The Morgan fingerprint density at radius 3 is 2.75 bits per heavy atom. The summed E-state index contributed by atoms with van der Waals surface area (Å²) < 4.78 is 20.8. The molecule has 2 aromatic rings. The number of urea groups is 1. The molecule has 0 aliphatic carbocycles. The highest BCUT2D eigenvalue weighted by Gasteiger charge is 2.44. The summed E-state index contributed by atoms with van der Waals surface area (Å²) in [6.07, 6.45) is 7.48. The number of nitrogens with one attached hydrogen (secondary N) is 1. The molecule has 2 fully saturated rings. The van der Waals surface area contributed by atoms with Crippen molar-refractivity contribution in [3.8, 4) is 12.3 Å². The molecule has 1 aromatic heterocycles. The van der Waals surface area contributed by atoms with Crippen LogP contribution >= 0.6 is 33.9 Å². The zero-order chi connectivity index (χ0) is 31.8. The van der Waals surface area contributed by atoms with Crippen LogP contribution in [0.1, 0.15) is 42.9 Å². The van der Waals surface area contributed by atoms with Gasteiger partial charge in [-0.2, -0.15) is 0 Å². The molecular formula is C30H32FIN6O5S. The fourth-order valence-corrected chi connectivity index (χ4v) is 6.70. The first-order chi connectivity index (χ1) is 20.9. The molecule has 2 saturated heterocycles. The highest BCUT2D eigenvalue weighted by molar-refractivity contribution is 14.1. The molecular weight excluding hydrogens is 702 g/mol. The van der Waals surface area contributed by atoms with Crippen molar-refractivity contribution in [3.63, 3.8) is 0 Å². The number of hydrogen-bond donors (Lipinski definition) is 2. The van der Waals surface area contributed by atoms with Crippen molar-refractivity contribution in [3.05, 3.63) is 60.5 Å². The van der Waals surface area contributed by atoms with Gasteiger partial charge in [0.15, 0.2) is 10.8 Å². The van der Waals surface area contributed by atoms with E-state index in [1.54, 1.807) is 42.8 Å². The number of carboxylic acids is 1. The number of rotatable bonds is 9. The highest BCUT2D eigenvalue weighted by atomic mass is 127. The lowest BCUT2D eigenvalue weighted by Gasteiger charge is -2.38. The number of halogens is 2. The number of thiazole rings is 1. The molecule has 4 heterocycles. The van der Waals surface area contributed by atoms with E-state index in [9.17, 15) is 23.9 Å². The second kappa shape index (κ2) is 12.8. The number of hydrogen-bond acceptors (Lipinski definition) is 9. The fourth-order valence-electron chi connectivity index (χ4n) is 5.64. The topological polar surface area (TPSA) is 128 Å². The van der Waals surface area contributed by atoms with Crippen LogP contribution in [0.4, 0.5) is 9.18 Å². The van der Waals surface area contributed by atoms with Crippen molar-refractivity contribution in [2.24, 2.45) is 10.4 Å². The van der Waals surface area contributed by atoms with Gasteiger partial charge in [0.05, 0.1) is 27.2 Å². The normalized spacial score (nSPS) is 20.6. The van der Waals surface area contributed by atoms with E-state index in [1.165, 1.54) is 17.4 Å². The number of terminal acetylenes is 1. The van der Waals surface area contributed by atoms with Gasteiger partial charge in [-0.1, -0.05) is 5.92 Å². The lowest BCUT2D eigenvalue weighted by Crippen LogP contribution is -2.53. The Hall–Kier alpha value is -3.55. The minimum atomic E-state index is -1.08. The van der Waals surface area contributed by atoms with Gasteiger partial charge in [0.1, 0.15) is 11.9 Å². The maximum atomic E-state index is 14.9. The van der Waals surface area contributed by atoms with Gasteiger partial charge in [0.2, 0.25) is 0 Å². The van der Waals surface area contributed by atoms with Gasteiger partial charge in [-0.15, -0.1) is 17.8 Å². The van der Waals surface area contributed by atoms with E-state index in [4.69, 9.17) is 16.2 Å². The molecule has 3 aliphatic rings.